The van der Waals surface area contributed by atoms with Crippen LogP contribution in [0.25, 0.3) is 0 Å². The van der Waals surface area contributed by atoms with E-state index in [0.29, 0.717) is 16.3 Å². The highest BCUT2D eigenvalue weighted by Gasteiger charge is 2.48. The van der Waals surface area contributed by atoms with E-state index < -0.39 is 59.4 Å². The minimum Gasteiger partial charge on any atom is -0.495 e. The van der Waals surface area contributed by atoms with Crippen molar-refractivity contribution in [3.05, 3.63) is 76.3 Å². The molecule has 62 heavy (non-hydrogen) atoms. The third-order valence-electron chi connectivity index (χ3n) is 11.1. The number of hydrogen-bond acceptors (Lipinski definition) is 10. The van der Waals surface area contributed by atoms with Crippen molar-refractivity contribution in [3.63, 3.8) is 0 Å². The van der Waals surface area contributed by atoms with Crippen LogP contribution in [0.5, 0.6) is 5.75 Å². The molecule has 2 heterocycles. The third-order valence-corrected chi connectivity index (χ3v) is 11.4. The van der Waals surface area contributed by atoms with Crippen LogP contribution >= 0.6 is 11.6 Å². The lowest BCUT2D eigenvalue weighted by Gasteiger charge is -2.32. The Bertz CT molecular complexity index is 1960. The fourth-order valence-electron chi connectivity index (χ4n) is 6.93. The second kappa shape index (κ2) is 21.4. The first-order valence-electron chi connectivity index (χ1n) is 21.2. The Labute approximate surface area is 370 Å². The predicted octanol–water partition coefficient (Wildman–Crippen LogP) is 4.19. The van der Waals surface area contributed by atoms with Crippen molar-refractivity contribution in [2.24, 2.45) is 28.4 Å². The molecule has 5 amide bonds. The fourth-order valence-corrected chi connectivity index (χ4v) is 7.21. The van der Waals surface area contributed by atoms with Gasteiger partial charge in [-0.2, -0.15) is 0 Å². The van der Waals surface area contributed by atoms with E-state index in [1.807, 2.05) is 65.8 Å². The van der Waals surface area contributed by atoms with E-state index in [1.165, 1.54) is 13.2 Å². The van der Waals surface area contributed by atoms with Crippen molar-refractivity contribution >= 4 is 47.1 Å². The number of rotatable bonds is 13. The molecule has 0 aliphatic carbocycles. The number of carbonyl (C=O) groups excluding carboxylic acids is 6. The Morgan fingerprint density at radius 1 is 0.968 bits per heavy atom. The zero-order valence-corrected chi connectivity index (χ0v) is 38.3. The molecule has 2 aromatic rings. The number of carbonyl (C=O) groups is 6. The van der Waals surface area contributed by atoms with Gasteiger partial charge in [0.05, 0.1) is 29.7 Å². The van der Waals surface area contributed by atoms with Crippen molar-refractivity contribution in [1.82, 2.24) is 26.6 Å². The quantitative estimate of drug-likeness (QED) is 0.125. The molecule has 2 aliphatic rings. The number of benzene rings is 2. The normalized spacial score (nSPS) is 23.8. The monoisotopic (exact) mass is 880 g/mol. The Hall–Kier alpha value is -4.99. The number of nitrogens with two attached hydrogens (primary N) is 1. The molecule has 1 saturated heterocycles. The van der Waals surface area contributed by atoms with E-state index in [-0.39, 0.29) is 73.6 Å². The van der Waals surface area contributed by atoms with E-state index in [1.54, 1.807) is 45.0 Å². The lowest BCUT2D eigenvalue weighted by atomic mass is 9.86. The largest absolute Gasteiger partial charge is 0.495 e. The van der Waals surface area contributed by atoms with Crippen LogP contribution in [-0.4, -0.2) is 85.5 Å². The van der Waals surface area contributed by atoms with Crippen LogP contribution in [0.1, 0.15) is 97.9 Å². The van der Waals surface area contributed by atoms with E-state index in [0.717, 1.165) is 11.1 Å². The summed E-state index contributed by atoms with van der Waals surface area (Å²) in [6, 6.07) is 9.18. The molecule has 0 saturated carbocycles. The summed E-state index contributed by atoms with van der Waals surface area (Å²) in [4.78, 5) is 79.8. The number of nitrogens with one attached hydrogen (secondary N) is 5. The van der Waals surface area contributed by atoms with Crippen molar-refractivity contribution in [2.45, 2.75) is 131 Å². The molecule has 15 nitrogen and oxygen atoms in total. The maximum absolute atomic E-state index is 14.0. The Morgan fingerprint density at radius 2 is 1.63 bits per heavy atom. The fraction of sp³-hybridized carbons (Fsp3) is 0.565. The van der Waals surface area contributed by atoms with E-state index >= 15 is 0 Å². The summed E-state index contributed by atoms with van der Waals surface area (Å²) in [7, 11) is 1.50. The Morgan fingerprint density at radius 3 is 2.24 bits per heavy atom. The standard InChI is InChI=1S/C46H65ClN6O9/c1-25(2)37(48)42(57)51-27(4)40(55)49-23-28-14-17-30(18-15-28)39-38(62-39)26(3)34-12-11-13-36(54)52-32(21-29-16-19-35(60-10)31(47)20-29)41(56)50-24-46(8,9)44(59)53-33(43(58)61-34)22-45(5,6)7/h11,13-20,25-27,32-34,37-39H,12,21-24,48H2,1-10H3,(H,49,55)(H,50,56)(H,51,57)(H,52,54)(H,53,59)/t26-,27-,32+,33-,34-,37-,38+,39+/m0/s1. The van der Waals surface area contributed by atoms with Crippen LogP contribution in [0.3, 0.4) is 0 Å². The average molecular weight is 882 g/mol. The third kappa shape index (κ3) is 14.3. The molecule has 0 aromatic heterocycles. The maximum atomic E-state index is 14.0. The number of esters is 1. The van der Waals surface area contributed by atoms with Crippen LogP contribution in [0.4, 0.5) is 0 Å². The second-order valence-corrected chi connectivity index (χ2v) is 19.0. The highest BCUT2D eigenvalue weighted by Crippen LogP contribution is 2.45. The van der Waals surface area contributed by atoms with Gasteiger partial charge in [0.15, 0.2) is 0 Å². The van der Waals surface area contributed by atoms with E-state index in [2.05, 4.69) is 26.6 Å². The van der Waals surface area contributed by atoms with Crippen LogP contribution in [0, 0.1) is 22.7 Å². The molecule has 0 spiro atoms. The van der Waals surface area contributed by atoms with Gasteiger partial charge in [-0.25, -0.2) is 4.79 Å². The summed E-state index contributed by atoms with van der Waals surface area (Å²) < 4.78 is 17.6. The summed E-state index contributed by atoms with van der Waals surface area (Å²) in [5, 5.41) is 14.4. The molecule has 0 radical (unpaired) electrons. The van der Waals surface area contributed by atoms with Gasteiger partial charge in [-0.05, 0) is 73.4 Å². The Kier molecular flexibility index (Phi) is 17.1. The lowest BCUT2D eigenvalue weighted by molar-refractivity contribution is -0.157. The molecule has 16 heteroatoms. The summed E-state index contributed by atoms with van der Waals surface area (Å²) in [5.74, 6) is -2.79. The first-order chi connectivity index (χ1) is 29.0. The zero-order valence-electron chi connectivity index (χ0n) is 37.6. The highest BCUT2D eigenvalue weighted by molar-refractivity contribution is 6.32. The number of ether oxygens (including phenoxy) is 3. The smallest absolute Gasteiger partial charge is 0.328 e. The summed E-state index contributed by atoms with van der Waals surface area (Å²) in [5.41, 5.74) is 6.78. The SMILES string of the molecule is COc1ccc(C[C@H]2NC(=O)C=CC[C@@H]([C@H](C)[C@H]3O[C@@H]3c3ccc(CNC(=O)[C@H](C)NC(=O)[C@@H](N)C(C)C)cc3)OC(=O)[C@H](CC(C)(C)C)NC(=O)C(C)(C)CNC2=O)cc1Cl. The number of amides is 5. The van der Waals surface area contributed by atoms with Gasteiger partial charge in [0.2, 0.25) is 29.5 Å². The van der Waals surface area contributed by atoms with E-state index in [4.69, 9.17) is 31.5 Å². The van der Waals surface area contributed by atoms with Crippen LogP contribution in [0.2, 0.25) is 5.02 Å². The summed E-state index contributed by atoms with van der Waals surface area (Å²) in [6.45, 7) is 16.5. The van der Waals surface area contributed by atoms with Gasteiger partial charge in [-0.3, -0.25) is 24.0 Å². The molecule has 1 fully saturated rings. The van der Waals surface area contributed by atoms with Crippen LogP contribution in [-0.2, 0) is 51.2 Å². The van der Waals surface area contributed by atoms with Crippen molar-refractivity contribution in [3.8, 4) is 5.75 Å². The van der Waals surface area contributed by atoms with Gasteiger partial charge in [0, 0.05) is 31.8 Å². The first kappa shape index (κ1) is 49.7. The molecule has 0 bridgehead atoms. The molecule has 2 aromatic carbocycles. The zero-order chi connectivity index (χ0) is 46.1. The summed E-state index contributed by atoms with van der Waals surface area (Å²) in [6.07, 6.45) is 2.04. The van der Waals surface area contributed by atoms with Crippen molar-refractivity contribution in [1.29, 1.82) is 0 Å². The topological polar surface area (TPSA) is 220 Å². The second-order valence-electron chi connectivity index (χ2n) is 18.6. The molecule has 2 aliphatic heterocycles. The number of methoxy groups -OCH3 is 1. The molecular formula is C46H65ClN6O9. The summed E-state index contributed by atoms with van der Waals surface area (Å²) >= 11 is 6.37. The van der Waals surface area contributed by atoms with Gasteiger partial charge in [-0.15, -0.1) is 0 Å². The van der Waals surface area contributed by atoms with Crippen LogP contribution < -0.4 is 37.1 Å². The first-order valence-corrected chi connectivity index (χ1v) is 21.5. The molecule has 7 N–H and O–H groups in total. The molecule has 0 unspecified atom stereocenters. The van der Waals surface area contributed by atoms with Crippen molar-refractivity contribution in [2.75, 3.05) is 13.7 Å². The highest BCUT2D eigenvalue weighted by atomic mass is 35.5. The van der Waals surface area contributed by atoms with Crippen molar-refractivity contribution < 1.29 is 43.0 Å². The number of epoxide rings is 1. The minimum atomic E-state index is -1.15. The molecule has 4 rings (SSSR count). The molecule has 340 valence electrons. The van der Waals surface area contributed by atoms with Gasteiger partial charge in [0.1, 0.15) is 36.1 Å². The molecule has 8 atom stereocenters. The van der Waals surface area contributed by atoms with Gasteiger partial charge in [-0.1, -0.05) is 89.6 Å². The molecular weight excluding hydrogens is 816 g/mol. The van der Waals surface area contributed by atoms with Gasteiger partial charge >= 0.3 is 5.97 Å². The Balaban J connectivity index is 1.51. The minimum absolute atomic E-state index is 0.0670. The maximum Gasteiger partial charge on any atom is 0.328 e. The number of cyclic esters (lactones) is 1. The van der Waals surface area contributed by atoms with Crippen LogP contribution in [0.15, 0.2) is 54.6 Å². The average Bonchev–Trinajstić information content (AvgIpc) is 4.01. The predicted molar refractivity (Wildman–Crippen MR) is 236 cm³/mol. The van der Waals surface area contributed by atoms with Gasteiger partial charge in [0.25, 0.3) is 0 Å². The lowest BCUT2D eigenvalue weighted by Crippen LogP contribution is -2.54. The number of halogens is 1. The van der Waals surface area contributed by atoms with Gasteiger partial charge < -0.3 is 46.5 Å². The number of hydrogen-bond donors (Lipinski definition) is 6. The van der Waals surface area contributed by atoms with E-state index in [9.17, 15) is 28.8 Å².